The molecule has 5 heteroatoms. The first kappa shape index (κ1) is 9.93. The van der Waals surface area contributed by atoms with Crippen molar-refractivity contribution in [1.82, 2.24) is 10.2 Å². The van der Waals surface area contributed by atoms with E-state index in [0.717, 1.165) is 5.69 Å². The van der Waals surface area contributed by atoms with Crippen LogP contribution in [0.4, 0.5) is 17.2 Å². The molecule has 0 fully saturated rings. The number of nitrogen functional groups attached to an aromatic ring is 1. The summed E-state index contributed by atoms with van der Waals surface area (Å²) in [6.07, 6.45) is 1.48. The van der Waals surface area contributed by atoms with Gasteiger partial charge in [-0.15, -0.1) is 5.10 Å². The zero-order valence-electron chi connectivity index (χ0n) is 8.38. The van der Waals surface area contributed by atoms with Crippen LogP contribution in [-0.4, -0.2) is 10.2 Å². The number of hydrogen-bond acceptors (Lipinski definition) is 5. The van der Waals surface area contributed by atoms with E-state index in [0.29, 0.717) is 17.1 Å². The van der Waals surface area contributed by atoms with Crippen LogP contribution in [0.1, 0.15) is 5.56 Å². The molecular weight excluding hydrogens is 202 g/mol. The van der Waals surface area contributed by atoms with Gasteiger partial charge in [-0.05, 0) is 30.3 Å². The number of aromatic nitrogens is 2. The van der Waals surface area contributed by atoms with Crippen LogP contribution in [0.5, 0.6) is 0 Å². The second-order valence-electron chi connectivity index (χ2n) is 3.15. The molecule has 1 aromatic carbocycles. The van der Waals surface area contributed by atoms with Crippen LogP contribution in [0.25, 0.3) is 0 Å². The zero-order chi connectivity index (χ0) is 11.4. The number of benzene rings is 1. The quantitative estimate of drug-likeness (QED) is 0.738. The Labute approximate surface area is 92.5 Å². The van der Waals surface area contributed by atoms with Crippen molar-refractivity contribution in [3.05, 3.63) is 42.1 Å². The third-order valence-corrected chi connectivity index (χ3v) is 2.01. The van der Waals surface area contributed by atoms with Crippen molar-refractivity contribution < 1.29 is 0 Å². The molecule has 0 bridgehead atoms. The Kier molecular flexibility index (Phi) is 2.65. The first-order chi connectivity index (χ1) is 7.79. The van der Waals surface area contributed by atoms with E-state index in [1.807, 2.05) is 18.2 Å². The molecule has 0 aliphatic carbocycles. The van der Waals surface area contributed by atoms with Crippen molar-refractivity contribution in [2.75, 3.05) is 11.1 Å². The number of nitriles is 1. The normalized spacial score (nSPS) is 9.44. The number of rotatable bonds is 2. The van der Waals surface area contributed by atoms with Gasteiger partial charge < -0.3 is 11.1 Å². The highest BCUT2D eigenvalue weighted by Gasteiger charge is 2.03. The van der Waals surface area contributed by atoms with Gasteiger partial charge in [-0.3, -0.25) is 0 Å². The largest absolute Gasteiger partial charge is 0.399 e. The Hall–Kier alpha value is -2.61. The molecule has 16 heavy (non-hydrogen) atoms. The lowest BCUT2D eigenvalue weighted by Crippen LogP contribution is -1.98. The first-order valence-electron chi connectivity index (χ1n) is 4.64. The minimum absolute atomic E-state index is 0.440. The van der Waals surface area contributed by atoms with Gasteiger partial charge in [0.15, 0.2) is 5.82 Å². The topological polar surface area (TPSA) is 87.6 Å². The molecule has 0 spiro atoms. The number of anilines is 3. The van der Waals surface area contributed by atoms with E-state index in [9.17, 15) is 0 Å². The van der Waals surface area contributed by atoms with E-state index in [4.69, 9.17) is 11.0 Å². The van der Waals surface area contributed by atoms with Gasteiger partial charge in [0.05, 0.1) is 11.8 Å². The highest BCUT2D eigenvalue weighted by molar-refractivity contribution is 5.63. The van der Waals surface area contributed by atoms with E-state index in [1.165, 1.54) is 6.20 Å². The SMILES string of the molecule is N#Cc1ccnnc1Nc1ccc(N)cc1. The molecule has 0 atom stereocenters. The van der Waals surface area contributed by atoms with Crippen LogP contribution in [0.2, 0.25) is 0 Å². The third-order valence-electron chi connectivity index (χ3n) is 2.01. The van der Waals surface area contributed by atoms with Crippen LogP contribution >= 0.6 is 0 Å². The average molecular weight is 211 g/mol. The Morgan fingerprint density at radius 3 is 2.62 bits per heavy atom. The summed E-state index contributed by atoms with van der Waals surface area (Å²) in [6.45, 7) is 0. The van der Waals surface area contributed by atoms with Gasteiger partial charge in [-0.1, -0.05) is 0 Å². The van der Waals surface area contributed by atoms with Gasteiger partial charge in [0, 0.05) is 11.4 Å². The molecule has 78 valence electrons. The van der Waals surface area contributed by atoms with E-state index in [-0.39, 0.29) is 0 Å². The predicted molar refractivity (Wildman–Crippen MR) is 60.9 cm³/mol. The van der Waals surface area contributed by atoms with Gasteiger partial charge in [-0.25, -0.2) is 0 Å². The fourth-order valence-electron chi connectivity index (χ4n) is 1.22. The summed E-state index contributed by atoms with van der Waals surface area (Å²) >= 11 is 0. The maximum Gasteiger partial charge on any atom is 0.171 e. The van der Waals surface area contributed by atoms with Gasteiger partial charge in [0.2, 0.25) is 0 Å². The molecule has 0 unspecified atom stereocenters. The van der Waals surface area contributed by atoms with Crippen molar-refractivity contribution in [2.24, 2.45) is 0 Å². The molecule has 0 amide bonds. The summed E-state index contributed by atoms with van der Waals surface area (Å²) in [6, 6.07) is 10.8. The van der Waals surface area contributed by atoms with Crippen LogP contribution in [0.3, 0.4) is 0 Å². The lowest BCUT2D eigenvalue weighted by atomic mass is 10.2. The molecule has 0 saturated heterocycles. The van der Waals surface area contributed by atoms with E-state index >= 15 is 0 Å². The zero-order valence-corrected chi connectivity index (χ0v) is 8.38. The summed E-state index contributed by atoms with van der Waals surface area (Å²) in [5, 5.41) is 19.4. The highest BCUT2D eigenvalue weighted by Crippen LogP contribution is 2.17. The molecular formula is C11H9N5. The Morgan fingerprint density at radius 1 is 1.19 bits per heavy atom. The highest BCUT2D eigenvalue weighted by atomic mass is 15.2. The summed E-state index contributed by atoms with van der Waals surface area (Å²) < 4.78 is 0. The van der Waals surface area contributed by atoms with Crippen molar-refractivity contribution in [1.29, 1.82) is 5.26 Å². The van der Waals surface area contributed by atoms with Gasteiger partial charge >= 0.3 is 0 Å². The molecule has 0 radical (unpaired) electrons. The van der Waals surface area contributed by atoms with Gasteiger partial charge in [0.25, 0.3) is 0 Å². The van der Waals surface area contributed by atoms with Gasteiger partial charge in [0.1, 0.15) is 6.07 Å². The minimum Gasteiger partial charge on any atom is -0.399 e. The monoisotopic (exact) mass is 211 g/mol. The molecule has 0 aliphatic heterocycles. The number of nitrogens with two attached hydrogens (primary N) is 1. The molecule has 0 aliphatic rings. The average Bonchev–Trinajstić information content (AvgIpc) is 2.33. The van der Waals surface area contributed by atoms with Crippen molar-refractivity contribution in [3.8, 4) is 6.07 Å². The van der Waals surface area contributed by atoms with E-state index in [2.05, 4.69) is 15.5 Å². The fourth-order valence-corrected chi connectivity index (χ4v) is 1.22. The molecule has 2 rings (SSSR count). The third kappa shape index (κ3) is 2.07. The second kappa shape index (κ2) is 4.28. The van der Waals surface area contributed by atoms with Crippen molar-refractivity contribution >= 4 is 17.2 Å². The van der Waals surface area contributed by atoms with Crippen molar-refractivity contribution in [3.63, 3.8) is 0 Å². The van der Waals surface area contributed by atoms with E-state index in [1.54, 1.807) is 18.2 Å². The Bertz CT molecular complexity index is 527. The number of hydrogen-bond donors (Lipinski definition) is 2. The molecule has 3 N–H and O–H groups in total. The van der Waals surface area contributed by atoms with Crippen LogP contribution in [0.15, 0.2) is 36.5 Å². The number of nitrogens with zero attached hydrogens (tertiary/aromatic N) is 3. The first-order valence-corrected chi connectivity index (χ1v) is 4.64. The Balaban J connectivity index is 2.27. The molecule has 1 heterocycles. The lowest BCUT2D eigenvalue weighted by Gasteiger charge is -2.05. The van der Waals surface area contributed by atoms with Crippen LogP contribution in [0, 0.1) is 11.3 Å². The summed E-state index contributed by atoms with van der Waals surface area (Å²) in [4.78, 5) is 0. The summed E-state index contributed by atoms with van der Waals surface area (Å²) in [5.41, 5.74) is 7.52. The van der Waals surface area contributed by atoms with Gasteiger partial charge in [-0.2, -0.15) is 10.4 Å². The Morgan fingerprint density at radius 2 is 1.94 bits per heavy atom. The van der Waals surface area contributed by atoms with E-state index < -0.39 is 0 Å². The maximum atomic E-state index is 8.86. The summed E-state index contributed by atoms with van der Waals surface area (Å²) in [7, 11) is 0. The molecule has 1 aromatic heterocycles. The smallest absolute Gasteiger partial charge is 0.171 e. The van der Waals surface area contributed by atoms with Crippen LogP contribution in [-0.2, 0) is 0 Å². The molecule has 5 nitrogen and oxygen atoms in total. The molecule has 0 saturated carbocycles. The standard InChI is InChI=1S/C11H9N5/c12-7-8-5-6-14-16-11(8)15-10-3-1-9(13)2-4-10/h1-6H,13H2,(H,15,16). The van der Waals surface area contributed by atoms with Crippen LogP contribution < -0.4 is 11.1 Å². The lowest BCUT2D eigenvalue weighted by molar-refractivity contribution is 1.03. The van der Waals surface area contributed by atoms with Crippen molar-refractivity contribution in [2.45, 2.75) is 0 Å². The second-order valence-corrected chi connectivity index (χ2v) is 3.15. The predicted octanol–water partition coefficient (Wildman–Crippen LogP) is 1.67. The minimum atomic E-state index is 0.440. The summed E-state index contributed by atoms with van der Waals surface area (Å²) in [5.74, 6) is 0.440. The fraction of sp³-hybridized carbons (Fsp3) is 0. The number of nitrogens with one attached hydrogen (secondary N) is 1. The maximum absolute atomic E-state index is 8.86. The molecule has 2 aromatic rings.